The number of anilines is 1. The van der Waals surface area contributed by atoms with E-state index in [-0.39, 0.29) is 5.69 Å². The predicted molar refractivity (Wildman–Crippen MR) is 145 cm³/mol. The maximum Gasteiger partial charge on any atom is 0.435 e. The first-order chi connectivity index (χ1) is 18.7. The molecule has 0 radical (unpaired) electrons. The number of alkyl halides is 3. The molecule has 10 heteroatoms. The van der Waals surface area contributed by atoms with Gasteiger partial charge in [0.05, 0.1) is 11.9 Å². The van der Waals surface area contributed by atoms with Crippen molar-refractivity contribution in [1.82, 2.24) is 14.7 Å². The number of nitrogens with two attached hydrogens (primary N) is 1. The Bertz CT molecular complexity index is 1560. The monoisotopic (exact) mass is 532 g/mol. The van der Waals surface area contributed by atoms with Gasteiger partial charge in [-0.1, -0.05) is 42.5 Å². The third kappa shape index (κ3) is 5.28. The summed E-state index contributed by atoms with van der Waals surface area (Å²) in [4.78, 5) is 17.3. The molecule has 2 N–H and O–H groups in total. The number of aromatic nitrogens is 2. The Hall–Kier alpha value is -4.44. The summed E-state index contributed by atoms with van der Waals surface area (Å²) in [6.45, 7) is 1.13. The number of rotatable bonds is 6. The van der Waals surface area contributed by atoms with Gasteiger partial charge in [-0.25, -0.2) is 4.68 Å². The van der Waals surface area contributed by atoms with E-state index in [1.807, 2.05) is 38.4 Å². The number of nitrogens with zero attached hydrogens (tertiary/aromatic N) is 5. The van der Waals surface area contributed by atoms with E-state index in [2.05, 4.69) is 33.3 Å². The summed E-state index contributed by atoms with van der Waals surface area (Å²) in [6, 6.07) is 21.3. The highest BCUT2D eigenvalue weighted by Gasteiger charge is 2.37. The molecule has 4 aromatic rings. The quantitative estimate of drug-likeness (QED) is 0.213. The fourth-order valence-electron chi connectivity index (χ4n) is 4.89. The van der Waals surface area contributed by atoms with Crippen LogP contribution in [0.4, 0.5) is 18.9 Å². The van der Waals surface area contributed by atoms with Crippen LogP contribution < -0.4 is 10.7 Å². The highest BCUT2D eigenvalue weighted by molar-refractivity contribution is 6.07. The molecular formula is C29H27F3N6O. The molecule has 3 aromatic carbocycles. The van der Waals surface area contributed by atoms with Crippen molar-refractivity contribution in [3.63, 3.8) is 0 Å². The van der Waals surface area contributed by atoms with E-state index in [0.717, 1.165) is 34.0 Å². The summed E-state index contributed by atoms with van der Waals surface area (Å²) in [5, 5.41) is 7.22. The van der Waals surface area contributed by atoms with Crippen LogP contribution in [0, 0.1) is 0 Å². The van der Waals surface area contributed by atoms with Crippen molar-refractivity contribution >= 4 is 17.8 Å². The molecule has 1 aliphatic heterocycles. The van der Waals surface area contributed by atoms with Crippen LogP contribution in [-0.4, -0.2) is 47.4 Å². The summed E-state index contributed by atoms with van der Waals surface area (Å²) >= 11 is 0. The molecule has 5 rings (SSSR count). The minimum Gasteiger partial charge on any atom is -0.323 e. The number of hydrazone groups is 1. The lowest BCUT2D eigenvalue weighted by atomic mass is 9.97. The summed E-state index contributed by atoms with van der Waals surface area (Å²) in [5.41, 5.74) is 4.48. The fraction of sp³-hybridized carbons (Fsp3) is 0.207. The van der Waals surface area contributed by atoms with Crippen molar-refractivity contribution in [2.75, 3.05) is 25.5 Å². The number of halogens is 3. The topological polar surface area (TPSA) is 79.8 Å². The van der Waals surface area contributed by atoms with Gasteiger partial charge in [0.1, 0.15) is 5.69 Å². The first-order valence-electron chi connectivity index (χ1n) is 12.3. The molecule has 0 atom stereocenters. The van der Waals surface area contributed by atoms with Crippen molar-refractivity contribution in [3.05, 3.63) is 101 Å². The Labute approximate surface area is 224 Å². The van der Waals surface area contributed by atoms with Crippen LogP contribution in [0.1, 0.15) is 32.9 Å². The van der Waals surface area contributed by atoms with Gasteiger partial charge >= 0.3 is 6.18 Å². The van der Waals surface area contributed by atoms with E-state index in [4.69, 9.17) is 5.84 Å². The molecule has 0 aliphatic carbocycles. The molecule has 0 unspecified atom stereocenters. The third-order valence-electron chi connectivity index (χ3n) is 6.59. The molecule has 0 saturated carbocycles. The molecule has 0 spiro atoms. The zero-order valence-corrected chi connectivity index (χ0v) is 21.5. The first kappa shape index (κ1) is 26.2. The zero-order chi connectivity index (χ0) is 27.7. The minimum atomic E-state index is -4.71. The Kier molecular flexibility index (Phi) is 6.96. The van der Waals surface area contributed by atoms with E-state index in [9.17, 15) is 18.0 Å². The fourth-order valence-corrected chi connectivity index (χ4v) is 4.89. The summed E-state index contributed by atoms with van der Waals surface area (Å²) in [7, 11) is 4.03. The molecule has 0 fully saturated rings. The van der Waals surface area contributed by atoms with Crippen LogP contribution >= 0.6 is 0 Å². The van der Waals surface area contributed by atoms with Gasteiger partial charge in [0.2, 0.25) is 0 Å². The predicted octanol–water partition coefficient (Wildman–Crippen LogP) is 5.12. The number of carbonyl (C=O) groups is 1. The van der Waals surface area contributed by atoms with Gasteiger partial charge in [-0.3, -0.25) is 4.79 Å². The molecule has 0 saturated heterocycles. The first-order valence-corrected chi connectivity index (χ1v) is 12.3. The van der Waals surface area contributed by atoms with Crippen LogP contribution in [-0.2, 0) is 19.1 Å². The second kappa shape index (κ2) is 10.4. The maximum absolute atomic E-state index is 13.7. The van der Waals surface area contributed by atoms with Crippen molar-refractivity contribution < 1.29 is 18.0 Å². The van der Waals surface area contributed by atoms with E-state index >= 15 is 0 Å². The van der Waals surface area contributed by atoms with E-state index < -0.39 is 17.8 Å². The number of amides is 1. The van der Waals surface area contributed by atoms with Gasteiger partial charge < -0.3 is 15.6 Å². The van der Waals surface area contributed by atoms with Gasteiger partial charge in [0.15, 0.2) is 5.69 Å². The normalized spacial score (nSPS) is 13.4. The lowest BCUT2D eigenvalue weighted by Gasteiger charge is -2.19. The number of benzene rings is 3. The highest BCUT2D eigenvalue weighted by atomic mass is 19.4. The van der Waals surface area contributed by atoms with Gasteiger partial charge in [-0.05, 0) is 72.6 Å². The van der Waals surface area contributed by atoms with Crippen LogP contribution in [0.5, 0.6) is 0 Å². The van der Waals surface area contributed by atoms with Gasteiger partial charge in [0.25, 0.3) is 5.91 Å². The molecule has 0 bridgehead atoms. The average Bonchev–Trinajstić information content (AvgIpc) is 3.54. The largest absolute Gasteiger partial charge is 0.435 e. The summed E-state index contributed by atoms with van der Waals surface area (Å²) in [6.07, 6.45) is -2.76. The third-order valence-corrected chi connectivity index (χ3v) is 6.59. The van der Waals surface area contributed by atoms with Crippen molar-refractivity contribution in [2.24, 2.45) is 10.9 Å². The number of carbonyl (C=O) groups excluding carboxylic acids is 1. The number of fused-ring (bicyclic) bond motifs is 1. The second-order valence-corrected chi connectivity index (χ2v) is 9.64. The van der Waals surface area contributed by atoms with Crippen molar-refractivity contribution in [2.45, 2.75) is 19.1 Å². The standard InChI is InChI=1S/C29H27F3N6O/c1-36(2)18-22-7-3-4-9-24(22)20-10-11-25-21(15-20)12-13-37(25)28(39)26-16-27(29(30,31)32)35-38(26)23-8-5-6-19(14-23)17-34-33/h3-11,14-17H,12-13,18,33H2,1-2H3. The molecule has 2 heterocycles. The number of hydrogen-bond donors (Lipinski definition) is 1. The molecule has 1 amide bonds. The summed E-state index contributed by atoms with van der Waals surface area (Å²) in [5.74, 6) is 4.67. The average molecular weight is 533 g/mol. The van der Waals surface area contributed by atoms with E-state index in [0.29, 0.717) is 29.9 Å². The van der Waals surface area contributed by atoms with Crippen LogP contribution in [0.3, 0.4) is 0 Å². The molecular weight excluding hydrogens is 505 g/mol. The molecule has 39 heavy (non-hydrogen) atoms. The van der Waals surface area contributed by atoms with E-state index in [1.165, 1.54) is 16.7 Å². The zero-order valence-electron chi connectivity index (χ0n) is 21.5. The van der Waals surface area contributed by atoms with E-state index in [1.54, 1.807) is 24.3 Å². The van der Waals surface area contributed by atoms with Gasteiger partial charge in [-0.2, -0.15) is 23.4 Å². The smallest absolute Gasteiger partial charge is 0.323 e. The van der Waals surface area contributed by atoms with Gasteiger partial charge in [0, 0.05) is 24.8 Å². The maximum atomic E-state index is 13.7. The molecule has 1 aliphatic rings. The lowest BCUT2D eigenvalue weighted by molar-refractivity contribution is -0.141. The Morgan fingerprint density at radius 1 is 1.08 bits per heavy atom. The van der Waals surface area contributed by atoms with Gasteiger partial charge in [-0.15, -0.1) is 0 Å². The minimum absolute atomic E-state index is 0.183. The Morgan fingerprint density at radius 2 is 1.87 bits per heavy atom. The molecule has 1 aromatic heterocycles. The van der Waals surface area contributed by atoms with Crippen LogP contribution in [0.15, 0.2) is 77.9 Å². The van der Waals surface area contributed by atoms with Crippen molar-refractivity contribution in [1.29, 1.82) is 0 Å². The second-order valence-electron chi connectivity index (χ2n) is 9.64. The van der Waals surface area contributed by atoms with Crippen LogP contribution in [0.25, 0.3) is 16.8 Å². The van der Waals surface area contributed by atoms with Crippen molar-refractivity contribution in [3.8, 4) is 16.8 Å². The van der Waals surface area contributed by atoms with Crippen LogP contribution in [0.2, 0.25) is 0 Å². The Balaban J connectivity index is 1.52. The Morgan fingerprint density at radius 3 is 2.62 bits per heavy atom. The molecule has 200 valence electrons. The number of hydrogen-bond acceptors (Lipinski definition) is 5. The SMILES string of the molecule is CN(C)Cc1ccccc1-c1ccc2c(c1)CCN2C(=O)c1cc(C(F)(F)F)nn1-c1cccc(C=NN)c1. The highest BCUT2D eigenvalue weighted by Crippen LogP contribution is 2.36. The lowest BCUT2D eigenvalue weighted by Crippen LogP contribution is -2.30. The summed E-state index contributed by atoms with van der Waals surface area (Å²) < 4.78 is 42.0. The molecule has 7 nitrogen and oxygen atoms in total.